The molecule has 5 nitrogen and oxygen atoms in total. The zero-order chi connectivity index (χ0) is 19.6. The molecule has 0 radical (unpaired) electrons. The molecule has 0 saturated heterocycles. The Balaban J connectivity index is 1.94. The molecule has 1 amide bonds. The Kier molecular flexibility index (Phi) is 7.74. The highest BCUT2D eigenvalue weighted by molar-refractivity contribution is 5.91. The molecule has 2 aromatic carbocycles. The van der Waals surface area contributed by atoms with Crippen LogP contribution in [-0.4, -0.2) is 26.7 Å². The van der Waals surface area contributed by atoms with Gasteiger partial charge in [0.25, 0.3) is 0 Å². The lowest BCUT2D eigenvalue weighted by molar-refractivity contribution is -0.116. The maximum absolute atomic E-state index is 12.1. The van der Waals surface area contributed by atoms with Crippen LogP contribution in [0.3, 0.4) is 0 Å². The largest absolute Gasteiger partial charge is 0.497 e. The number of amides is 1. The Morgan fingerprint density at radius 1 is 1.07 bits per heavy atom. The molecule has 0 spiro atoms. The molecule has 27 heavy (non-hydrogen) atoms. The summed E-state index contributed by atoms with van der Waals surface area (Å²) in [5.41, 5.74) is 1.84. The van der Waals surface area contributed by atoms with E-state index in [0.717, 1.165) is 16.9 Å². The highest BCUT2D eigenvalue weighted by Crippen LogP contribution is 2.29. The maximum Gasteiger partial charge on any atom is 0.244 e. The van der Waals surface area contributed by atoms with Crippen molar-refractivity contribution in [2.45, 2.75) is 20.4 Å². The second-order valence-corrected chi connectivity index (χ2v) is 6.52. The van der Waals surface area contributed by atoms with Crippen molar-refractivity contribution in [1.29, 1.82) is 0 Å². The second kappa shape index (κ2) is 10.3. The minimum atomic E-state index is -0.170. The van der Waals surface area contributed by atoms with Crippen molar-refractivity contribution >= 4 is 12.0 Å². The fourth-order valence-electron chi connectivity index (χ4n) is 2.37. The summed E-state index contributed by atoms with van der Waals surface area (Å²) in [6, 6.07) is 13.2. The molecular formula is C22H27NO4. The minimum absolute atomic E-state index is 0.170. The Labute approximate surface area is 161 Å². The van der Waals surface area contributed by atoms with E-state index in [4.69, 9.17) is 14.2 Å². The van der Waals surface area contributed by atoms with Crippen LogP contribution in [-0.2, 0) is 11.3 Å². The molecular weight excluding hydrogens is 342 g/mol. The van der Waals surface area contributed by atoms with Gasteiger partial charge in [-0.25, -0.2) is 0 Å². The SMILES string of the molecule is COc1cccc(CNC(=O)/C=C/c2ccc(OCC(C)C)c(OC)c2)c1. The summed E-state index contributed by atoms with van der Waals surface area (Å²) in [5, 5.41) is 2.86. The fraction of sp³-hybridized carbons (Fsp3) is 0.318. The van der Waals surface area contributed by atoms with Gasteiger partial charge in [0, 0.05) is 12.6 Å². The monoisotopic (exact) mass is 369 g/mol. The molecule has 5 heteroatoms. The Morgan fingerprint density at radius 2 is 1.89 bits per heavy atom. The van der Waals surface area contributed by atoms with Crippen LogP contribution >= 0.6 is 0 Å². The van der Waals surface area contributed by atoms with Crippen molar-refractivity contribution in [3.05, 3.63) is 59.7 Å². The molecule has 2 aromatic rings. The van der Waals surface area contributed by atoms with Gasteiger partial charge in [-0.3, -0.25) is 4.79 Å². The van der Waals surface area contributed by atoms with Crippen molar-refractivity contribution in [3.63, 3.8) is 0 Å². The van der Waals surface area contributed by atoms with E-state index in [2.05, 4.69) is 19.2 Å². The van der Waals surface area contributed by atoms with Crippen LogP contribution in [0.1, 0.15) is 25.0 Å². The van der Waals surface area contributed by atoms with E-state index in [1.54, 1.807) is 20.3 Å². The first-order valence-electron chi connectivity index (χ1n) is 8.91. The summed E-state index contributed by atoms with van der Waals surface area (Å²) in [5.74, 6) is 2.38. The van der Waals surface area contributed by atoms with Crippen LogP contribution in [0, 0.1) is 5.92 Å². The molecule has 0 heterocycles. The fourth-order valence-corrected chi connectivity index (χ4v) is 2.37. The predicted octanol–water partition coefficient (Wildman–Crippen LogP) is 4.07. The first-order valence-corrected chi connectivity index (χ1v) is 8.91. The lowest BCUT2D eigenvalue weighted by Crippen LogP contribution is -2.20. The van der Waals surface area contributed by atoms with Crippen LogP contribution in [0.4, 0.5) is 0 Å². The van der Waals surface area contributed by atoms with Crippen molar-refractivity contribution in [2.24, 2.45) is 5.92 Å². The van der Waals surface area contributed by atoms with Gasteiger partial charge in [0.05, 0.1) is 20.8 Å². The van der Waals surface area contributed by atoms with E-state index in [1.165, 1.54) is 6.08 Å². The van der Waals surface area contributed by atoms with E-state index < -0.39 is 0 Å². The van der Waals surface area contributed by atoms with E-state index in [-0.39, 0.29) is 5.91 Å². The van der Waals surface area contributed by atoms with Gasteiger partial charge in [-0.05, 0) is 47.4 Å². The lowest BCUT2D eigenvalue weighted by Gasteiger charge is -2.12. The van der Waals surface area contributed by atoms with Crippen LogP contribution in [0.5, 0.6) is 17.2 Å². The second-order valence-electron chi connectivity index (χ2n) is 6.52. The average Bonchev–Trinajstić information content (AvgIpc) is 2.69. The molecule has 1 N–H and O–H groups in total. The molecule has 0 atom stereocenters. The molecule has 0 aliphatic rings. The van der Waals surface area contributed by atoms with Gasteiger partial charge in [0.1, 0.15) is 5.75 Å². The molecule has 2 rings (SSSR count). The Hall–Kier alpha value is -2.95. The van der Waals surface area contributed by atoms with Crippen LogP contribution < -0.4 is 19.5 Å². The van der Waals surface area contributed by atoms with Gasteiger partial charge in [0.2, 0.25) is 5.91 Å². The van der Waals surface area contributed by atoms with Gasteiger partial charge in [-0.15, -0.1) is 0 Å². The van der Waals surface area contributed by atoms with Gasteiger partial charge in [-0.1, -0.05) is 32.0 Å². The number of hydrogen-bond acceptors (Lipinski definition) is 4. The summed E-state index contributed by atoms with van der Waals surface area (Å²) < 4.78 is 16.3. The summed E-state index contributed by atoms with van der Waals surface area (Å²) in [6.45, 7) is 5.24. The van der Waals surface area contributed by atoms with Crippen molar-refractivity contribution in [2.75, 3.05) is 20.8 Å². The minimum Gasteiger partial charge on any atom is -0.497 e. The maximum atomic E-state index is 12.1. The van der Waals surface area contributed by atoms with E-state index >= 15 is 0 Å². The van der Waals surface area contributed by atoms with E-state index in [0.29, 0.717) is 30.6 Å². The summed E-state index contributed by atoms with van der Waals surface area (Å²) in [4.78, 5) is 12.1. The quantitative estimate of drug-likeness (QED) is 0.677. The van der Waals surface area contributed by atoms with Crippen molar-refractivity contribution in [1.82, 2.24) is 5.32 Å². The van der Waals surface area contributed by atoms with Crippen LogP contribution in [0.25, 0.3) is 6.08 Å². The molecule has 144 valence electrons. The van der Waals surface area contributed by atoms with Gasteiger partial charge < -0.3 is 19.5 Å². The third kappa shape index (κ3) is 6.70. The van der Waals surface area contributed by atoms with Gasteiger partial charge in [-0.2, -0.15) is 0 Å². The first kappa shape index (κ1) is 20.4. The highest BCUT2D eigenvalue weighted by atomic mass is 16.5. The number of benzene rings is 2. The number of carbonyl (C=O) groups excluding carboxylic acids is 1. The van der Waals surface area contributed by atoms with Gasteiger partial charge >= 0.3 is 0 Å². The van der Waals surface area contributed by atoms with E-state index in [9.17, 15) is 4.79 Å². The number of nitrogens with one attached hydrogen (secondary N) is 1. The predicted molar refractivity (Wildman–Crippen MR) is 107 cm³/mol. The molecule has 0 aromatic heterocycles. The topological polar surface area (TPSA) is 56.8 Å². The molecule has 0 unspecified atom stereocenters. The van der Waals surface area contributed by atoms with E-state index in [1.807, 2.05) is 42.5 Å². The number of rotatable bonds is 9. The highest BCUT2D eigenvalue weighted by Gasteiger charge is 2.06. The Morgan fingerprint density at radius 3 is 2.59 bits per heavy atom. The first-order chi connectivity index (χ1) is 13.0. The van der Waals surface area contributed by atoms with Crippen LogP contribution in [0.2, 0.25) is 0 Å². The third-order valence-electron chi connectivity index (χ3n) is 3.79. The number of ether oxygens (including phenoxy) is 3. The number of carbonyl (C=O) groups is 1. The number of hydrogen-bond donors (Lipinski definition) is 1. The zero-order valence-corrected chi connectivity index (χ0v) is 16.3. The van der Waals surface area contributed by atoms with Crippen LogP contribution in [0.15, 0.2) is 48.5 Å². The Bertz CT molecular complexity index is 784. The standard InChI is InChI=1S/C22H27NO4/c1-16(2)15-27-20-10-8-17(13-21(20)26-4)9-11-22(24)23-14-18-6-5-7-19(12-18)25-3/h5-13,16H,14-15H2,1-4H3,(H,23,24)/b11-9+. The molecule has 0 aliphatic heterocycles. The molecule has 0 aliphatic carbocycles. The summed E-state index contributed by atoms with van der Waals surface area (Å²) >= 11 is 0. The third-order valence-corrected chi connectivity index (χ3v) is 3.79. The van der Waals surface area contributed by atoms with Crippen molar-refractivity contribution < 1.29 is 19.0 Å². The summed E-state index contributed by atoms with van der Waals surface area (Å²) in [7, 11) is 3.22. The lowest BCUT2D eigenvalue weighted by atomic mass is 10.1. The molecule has 0 fully saturated rings. The smallest absolute Gasteiger partial charge is 0.244 e. The summed E-state index contributed by atoms with van der Waals surface area (Å²) in [6.07, 6.45) is 3.25. The molecule has 0 saturated carbocycles. The zero-order valence-electron chi connectivity index (χ0n) is 16.3. The average molecular weight is 369 g/mol. The van der Waals surface area contributed by atoms with Crippen molar-refractivity contribution in [3.8, 4) is 17.2 Å². The number of methoxy groups -OCH3 is 2. The molecule has 0 bridgehead atoms. The van der Waals surface area contributed by atoms with Gasteiger partial charge in [0.15, 0.2) is 11.5 Å². The normalized spacial score (nSPS) is 10.9.